The number of amides is 1. The van der Waals surface area contributed by atoms with Gasteiger partial charge in [0.1, 0.15) is 0 Å². The number of carbonyl (C=O) groups excluding carboxylic acids is 1. The highest BCUT2D eigenvalue weighted by molar-refractivity contribution is 6.18. The first-order valence-corrected chi connectivity index (χ1v) is 3.10. The van der Waals surface area contributed by atoms with Crippen LogP contribution in [0.2, 0.25) is 0 Å². The summed E-state index contributed by atoms with van der Waals surface area (Å²) in [5, 5.41) is 2.01. The van der Waals surface area contributed by atoms with E-state index in [0.717, 1.165) is 0 Å². The quantitative estimate of drug-likeness (QED) is 0.435. The van der Waals surface area contributed by atoms with Crippen molar-refractivity contribution in [2.45, 2.75) is 0 Å². The lowest BCUT2D eigenvalue weighted by Gasteiger charge is -1.99. The summed E-state index contributed by atoms with van der Waals surface area (Å²) in [6.07, 6.45) is 0. The topological polar surface area (TPSA) is 55.1 Å². The van der Waals surface area contributed by atoms with Gasteiger partial charge in [-0.2, -0.15) is 0 Å². The lowest BCUT2D eigenvalue weighted by atomic mass is 10.2. The molecule has 1 aromatic rings. The molecule has 0 heterocycles. The number of carbonyl (C=O) groups is 1. The number of hydrogen-bond acceptors (Lipinski definition) is 2. The van der Waals surface area contributed by atoms with E-state index in [2.05, 4.69) is 0 Å². The summed E-state index contributed by atoms with van der Waals surface area (Å²) in [6.45, 7) is 0. The molecule has 54 valence electrons. The van der Waals surface area contributed by atoms with Gasteiger partial charge < -0.3 is 11.0 Å². The van der Waals surface area contributed by atoms with Crippen LogP contribution in [0.3, 0.4) is 0 Å². The number of rotatable bonds is 1. The van der Waals surface area contributed by atoms with Gasteiger partial charge in [0.25, 0.3) is 0 Å². The molecule has 0 bridgehead atoms. The SMILES string of the molecule is [B]NC(=O)c1cccc(N)c1. The minimum atomic E-state index is -0.336. The molecular weight excluding hydrogens is 139 g/mol. The zero-order chi connectivity index (χ0) is 8.27. The van der Waals surface area contributed by atoms with Crippen LogP contribution < -0.4 is 11.0 Å². The van der Waals surface area contributed by atoms with E-state index < -0.39 is 0 Å². The number of hydrogen-bond donors (Lipinski definition) is 2. The van der Waals surface area contributed by atoms with E-state index in [-0.39, 0.29) is 5.91 Å². The Morgan fingerprint density at radius 3 is 2.82 bits per heavy atom. The van der Waals surface area contributed by atoms with Crippen LogP contribution in [0.25, 0.3) is 0 Å². The van der Waals surface area contributed by atoms with Crippen LogP contribution in [0.5, 0.6) is 0 Å². The van der Waals surface area contributed by atoms with Gasteiger partial charge in [0.2, 0.25) is 13.9 Å². The van der Waals surface area contributed by atoms with Gasteiger partial charge in [-0.25, -0.2) is 0 Å². The smallest absolute Gasteiger partial charge is 0.238 e. The summed E-state index contributed by atoms with van der Waals surface area (Å²) < 4.78 is 0. The van der Waals surface area contributed by atoms with Crippen LogP contribution in [-0.4, -0.2) is 13.9 Å². The third kappa shape index (κ3) is 1.74. The molecule has 1 aromatic carbocycles. The molecular formula is C7H7BN2O. The average molecular weight is 146 g/mol. The van der Waals surface area contributed by atoms with Crippen molar-refractivity contribution in [3.05, 3.63) is 29.8 Å². The molecule has 0 aliphatic heterocycles. The summed E-state index contributed by atoms with van der Waals surface area (Å²) >= 11 is 0. The molecule has 1 rings (SSSR count). The Morgan fingerprint density at radius 2 is 2.27 bits per heavy atom. The second-order valence-corrected chi connectivity index (χ2v) is 2.10. The van der Waals surface area contributed by atoms with Crippen molar-refractivity contribution in [2.75, 3.05) is 5.73 Å². The van der Waals surface area contributed by atoms with Crippen molar-refractivity contribution >= 4 is 19.6 Å². The molecule has 0 aromatic heterocycles. The van der Waals surface area contributed by atoms with Gasteiger partial charge in [0.05, 0.1) is 0 Å². The fraction of sp³-hybridized carbons (Fsp3) is 0. The lowest BCUT2D eigenvalue weighted by molar-refractivity contribution is 0.0981. The first-order valence-electron chi connectivity index (χ1n) is 3.10. The van der Waals surface area contributed by atoms with Gasteiger partial charge >= 0.3 is 0 Å². The Hall–Kier alpha value is -1.45. The predicted octanol–water partition coefficient (Wildman–Crippen LogP) is 0.0821. The van der Waals surface area contributed by atoms with E-state index in [1.165, 1.54) is 0 Å². The van der Waals surface area contributed by atoms with Gasteiger partial charge in [-0.1, -0.05) is 6.07 Å². The third-order valence-electron chi connectivity index (χ3n) is 1.28. The molecule has 0 fully saturated rings. The predicted molar refractivity (Wildman–Crippen MR) is 44.1 cm³/mol. The van der Waals surface area contributed by atoms with Crippen molar-refractivity contribution in [1.82, 2.24) is 5.23 Å². The molecule has 1 amide bonds. The maximum absolute atomic E-state index is 10.9. The summed E-state index contributed by atoms with van der Waals surface area (Å²) in [5.41, 5.74) is 6.44. The molecule has 0 atom stereocenters. The van der Waals surface area contributed by atoms with E-state index in [1.807, 2.05) is 5.23 Å². The summed E-state index contributed by atoms with van der Waals surface area (Å²) in [5.74, 6) is -0.336. The van der Waals surface area contributed by atoms with Crippen molar-refractivity contribution in [3.63, 3.8) is 0 Å². The van der Waals surface area contributed by atoms with Crippen molar-refractivity contribution in [3.8, 4) is 0 Å². The highest BCUT2D eigenvalue weighted by Crippen LogP contribution is 2.05. The largest absolute Gasteiger partial charge is 0.405 e. The lowest BCUT2D eigenvalue weighted by Crippen LogP contribution is -2.19. The maximum atomic E-state index is 10.9. The summed E-state index contributed by atoms with van der Waals surface area (Å²) in [4.78, 5) is 10.9. The summed E-state index contributed by atoms with van der Waals surface area (Å²) in [6, 6.07) is 6.59. The van der Waals surface area contributed by atoms with Crippen LogP contribution in [0, 0.1) is 0 Å². The molecule has 0 saturated carbocycles. The van der Waals surface area contributed by atoms with Crippen LogP contribution in [0.4, 0.5) is 5.69 Å². The minimum absolute atomic E-state index is 0.336. The number of nitrogen functional groups attached to an aromatic ring is 1. The Labute approximate surface area is 66.0 Å². The van der Waals surface area contributed by atoms with E-state index >= 15 is 0 Å². The third-order valence-corrected chi connectivity index (χ3v) is 1.28. The van der Waals surface area contributed by atoms with Gasteiger partial charge in [0.15, 0.2) is 0 Å². The monoisotopic (exact) mass is 146 g/mol. The van der Waals surface area contributed by atoms with Crippen molar-refractivity contribution in [1.29, 1.82) is 0 Å². The zero-order valence-electron chi connectivity index (χ0n) is 5.87. The van der Waals surface area contributed by atoms with E-state index in [9.17, 15) is 4.79 Å². The number of nitrogens with one attached hydrogen (secondary N) is 1. The minimum Gasteiger partial charge on any atom is -0.405 e. The zero-order valence-corrected chi connectivity index (χ0v) is 5.87. The van der Waals surface area contributed by atoms with Gasteiger partial charge in [-0.3, -0.25) is 4.79 Å². The van der Waals surface area contributed by atoms with Gasteiger partial charge in [0, 0.05) is 11.3 Å². The van der Waals surface area contributed by atoms with Crippen LogP contribution >= 0.6 is 0 Å². The number of benzene rings is 1. The molecule has 3 N–H and O–H groups in total. The van der Waals surface area contributed by atoms with Gasteiger partial charge in [-0.05, 0) is 18.2 Å². The van der Waals surface area contributed by atoms with Crippen molar-refractivity contribution in [2.24, 2.45) is 0 Å². The Balaban J connectivity index is 2.96. The van der Waals surface area contributed by atoms with E-state index in [4.69, 9.17) is 13.7 Å². The summed E-state index contributed by atoms with van der Waals surface area (Å²) in [7, 11) is 4.91. The molecule has 0 saturated heterocycles. The maximum Gasteiger partial charge on any atom is 0.238 e. The highest BCUT2D eigenvalue weighted by Gasteiger charge is 2.00. The Kier molecular flexibility index (Phi) is 2.16. The first kappa shape index (κ1) is 7.66. The average Bonchev–Trinajstić information content (AvgIpc) is 2.03. The Bertz CT molecular complexity index is 275. The fourth-order valence-electron chi connectivity index (χ4n) is 0.763. The second-order valence-electron chi connectivity index (χ2n) is 2.10. The van der Waals surface area contributed by atoms with Gasteiger partial charge in [-0.15, -0.1) is 0 Å². The van der Waals surface area contributed by atoms with Crippen LogP contribution in [0.1, 0.15) is 10.4 Å². The normalized spacial score (nSPS) is 9.09. The molecule has 3 nitrogen and oxygen atoms in total. The standard InChI is InChI=1S/C7H7BN2O/c8-10-7(11)5-2-1-3-6(9)4-5/h1-4H,9H2,(H,10,11). The number of anilines is 1. The molecule has 4 heteroatoms. The number of nitrogens with two attached hydrogens (primary N) is 1. The second kappa shape index (κ2) is 3.10. The molecule has 0 unspecified atom stereocenters. The molecule has 0 aliphatic rings. The van der Waals surface area contributed by atoms with Crippen LogP contribution in [-0.2, 0) is 0 Å². The van der Waals surface area contributed by atoms with Crippen LogP contribution in [0.15, 0.2) is 24.3 Å². The van der Waals surface area contributed by atoms with Crippen molar-refractivity contribution < 1.29 is 4.79 Å². The highest BCUT2D eigenvalue weighted by atomic mass is 16.1. The molecule has 2 radical (unpaired) electrons. The molecule has 0 aliphatic carbocycles. The Morgan fingerprint density at radius 1 is 1.55 bits per heavy atom. The van der Waals surface area contributed by atoms with E-state index in [1.54, 1.807) is 24.3 Å². The fourth-order valence-corrected chi connectivity index (χ4v) is 0.763. The molecule has 0 spiro atoms. The van der Waals surface area contributed by atoms with E-state index in [0.29, 0.717) is 11.3 Å². The molecule has 11 heavy (non-hydrogen) atoms. The first-order chi connectivity index (χ1) is 5.24.